The summed E-state index contributed by atoms with van der Waals surface area (Å²) >= 11 is 0. The molecule has 3 rings (SSSR count). The molecule has 0 spiro atoms. The Morgan fingerprint density at radius 2 is 1.82 bits per heavy atom. The van der Waals surface area contributed by atoms with Gasteiger partial charge >= 0.3 is 5.97 Å². The van der Waals surface area contributed by atoms with Crippen LogP contribution in [-0.2, 0) is 4.74 Å². The van der Waals surface area contributed by atoms with E-state index in [9.17, 15) is 9.59 Å². The average molecular weight is 295 g/mol. The fourth-order valence-electron chi connectivity index (χ4n) is 2.18. The smallest absolute Gasteiger partial charge is 0.339 e. The molecule has 0 atom stereocenters. The van der Waals surface area contributed by atoms with Crippen LogP contribution in [0, 0.1) is 0 Å². The SMILES string of the molecule is NCOC(=O)c1ccc(-c2cc(=O)c3ccccc3o2)cc1. The van der Waals surface area contributed by atoms with E-state index in [1.54, 1.807) is 48.5 Å². The van der Waals surface area contributed by atoms with Crippen LogP contribution in [0.1, 0.15) is 10.4 Å². The van der Waals surface area contributed by atoms with E-state index in [4.69, 9.17) is 14.9 Å². The van der Waals surface area contributed by atoms with Crippen molar-refractivity contribution in [3.8, 4) is 11.3 Å². The lowest BCUT2D eigenvalue weighted by molar-refractivity contribution is 0.0515. The van der Waals surface area contributed by atoms with Crippen molar-refractivity contribution in [2.45, 2.75) is 0 Å². The number of carbonyl (C=O) groups is 1. The van der Waals surface area contributed by atoms with Crippen molar-refractivity contribution < 1.29 is 13.9 Å². The van der Waals surface area contributed by atoms with E-state index in [-0.39, 0.29) is 12.2 Å². The van der Waals surface area contributed by atoms with Crippen LogP contribution in [0.5, 0.6) is 0 Å². The van der Waals surface area contributed by atoms with Gasteiger partial charge in [0.25, 0.3) is 0 Å². The van der Waals surface area contributed by atoms with Crippen LogP contribution in [0.3, 0.4) is 0 Å². The minimum Gasteiger partial charge on any atom is -0.456 e. The number of fused-ring (bicyclic) bond motifs is 1. The van der Waals surface area contributed by atoms with E-state index in [0.29, 0.717) is 27.9 Å². The highest BCUT2D eigenvalue weighted by Gasteiger charge is 2.09. The van der Waals surface area contributed by atoms with Gasteiger partial charge in [-0.15, -0.1) is 0 Å². The summed E-state index contributed by atoms with van der Waals surface area (Å²) in [5.74, 6) is -0.0449. The van der Waals surface area contributed by atoms with Gasteiger partial charge in [-0.3, -0.25) is 10.5 Å². The van der Waals surface area contributed by atoms with E-state index < -0.39 is 5.97 Å². The first-order chi connectivity index (χ1) is 10.7. The lowest BCUT2D eigenvalue weighted by Gasteiger charge is -2.05. The third-order valence-corrected chi connectivity index (χ3v) is 3.25. The fraction of sp³-hybridized carbons (Fsp3) is 0.0588. The van der Waals surface area contributed by atoms with Crippen molar-refractivity contribution in [3.63, 3.8) is 0 Å². The molecule has 2 N–H and O–H groups in total. The molecule has 1 heterocycles. The van der Waals surface area contributed by atoms with Crippen LogP contribution >= 0.6 is 0 Å². The van der Waals surface area contributed by atoms with E-state index >= 15 is 0 Å². The predicted octanol–water partition coefficient (Wildman–Crippen LogP) is 2.53. The van der Waals surface area contributed by atoms with E-state index in [1.807, 2.05) is 0 Å². The van der Waals surface area contributed by atoms with Crippen LogP contribution in [0.4, 0.5) is 0 Å². The molecule has 0 unspecified atom stereocenters. The molecule has 0 aliphatic carbocycles. The van der Waals surface area contributed by atoms with Gasteiger partial charge in [-0.2, -0.15) is 0 Å². The summed E-state index contributed by atoms with van der Waals surface area (Å²) in [6, 6.07) is 15.1. The number of esters is 1. The quantitative estimate of drug-likeness (QED) is 0.593. The molecule has 0 radical (unpaired) electrons. The molecule has 0 aliphatic heterocycles. The maximum Gasteiger partial charge on any atom is 0.339 e. The molecule has 2 aromatic carbocycles. The van der Waals surface area contributed by atoms with Crippen molar-refractivity contribution in [3.05, 3.63) is 70.4 Å². The van der Waals surface area contributed by atoms with Gasteiger partial charge in [0.2, 0.25) is 0 Å². The number of nitrogens with two attached hydrogens (primary N) is 1. The second-order valence-corrected chi connectivity index (χ2v) is 4.65. The Labute approximate surface area is 125 Å². The van der Waals surface area contributed by atoms with Crippen molar-refractivity contribution in [2.75, 3.05) is 6.73 Å². The Kier molecular flexibility index (Phi) is 3.72. The van der Waals surface area contributed by atoms with Gasteiger partial charge in [-0.05, 0) is 24.3 Å². The Hall–Kier alpha value is -2.92. The Morgan fingerprint density at radius 1 is 1.09 bits per heavy atom. The highest BCUT2D eigenvalue weighted by molar-refractivity contribution is 5.90. The lowest BCUT2D eigenvalue weighted by atomic mass is 10.1. The summed E-state index contributed by atoms with van der Waals surface area (Å²) in [6.07, 6.45) is 0. The van der Waals surface area contributed by atoms with Crippen molar-refractivity contribution >= 4 is 16.9 Å². The number of ether oxygens (including phenoxy) is 1. The first-order valence-electron chi connectivity index (χ1n) is 6.69. The number of para-hydroxylation sites is 1. The maximum atomic E-state index is 12.1. The monoisotopic (exact) mass is 295 g/mol. The van der Waals surface area contributed by atoms with Crippen LogP contribution < -0.4 is 11.2 Å². The maximum absolute atomic E-state index is 12.1. The zero-order valence-corrected chi connectivity index (χ0v) is 11.6. The molecular weight excluding hydrogens is 282 g/mol. The minimum atomic E-state index is -0.492. The van der Waals surface area contributed by atoms with Crippen LogP contribution in [0.15, 0.2) is 63.8 Å². The lowest BCUT2D eigenvalue weighted by Crippen LogP contribution is -2.11. The second-order valence-electron chi connectivity index (χ2n) is 4.65. The number of rotatable bonds is 3. The topological polar surface area (TPSA) is 82.5 Å². The third kappa shape index (κ3) is 2.62. The molecule has 1 aromatic heterocycles. The molecule has 5 nitrogen and oxygen atoms in total. The van der Waals surface area contributed by atoms with E-state index in [0.717, 1.165) is 0 Å². The van der Waals surface area contributed by atoms with Crippen LogP contribution in [0.2, 0.25) is 0 Å². The van der Waals surface area contributed by atoms with Gasteiger partial charge < -0.3 is 9.15 Å². The summed E-state index contributed by atoms with van der Waals surface area (Å²) in [5.41, 5.74) is 6.67. The fourth-order valence-corrected chi connectivity index (χ4v) is 2.18. The summed E-state index contributed by atoms with van der Waals surface area (Å²) in [7, 11) is 0. The zero-order chi connectivity index (χ0) is 15.5. The summed E-state index contributed by atoms with van der Waals surface area (Å²) in [6.45, 7) is -0.167. The largest absolute Gasteiger partial charge is 0.456 e. The Balaban J connectivity index is 2.01. The van der Waals surface area contributed by atoms with Gasteiger partial charge in [-0.25, -0.2) is 4.79 Å². The number of carbonyl (C=O) groups excluding carboxylic acids is 1. The number of hydrogen-bond acceptors (Lipinski definition) is 5. The van der Waals surface area contributed by atoms with E-state index in [2.05, 4.69) is 0 Å². The molecule has 22 heavy (non-hydrogen) atoms. The normalized spacial score (nSPS) is 10.6. The van der Waals surface area contributed by atoms with Gasteiger partial charge in [0.15, 0.2) is 5.43 Å². The molecule has 0 aliphatic rings. The predicted molar refractivity (Wildman–Crippen MR) is 82.4 cm³/mol. The van der Waals surface area contributed by atoms with Crippen molar-refractivity contribution in [1.29, 1.82) is 0 Å². The molecule has 0 bridgehead atoms. The van der Waals surface area contributed by atoms with Gasteiger partial charge in [0.05, 0.1) is 10.9 Å². The minimum absolute atomic E-state index is 0.108. The summed E-state index contributed by atoms with van der Waals surface area (Å²) in [5, 5.41) is 0.536. The molecule has 5 heteroatoms. The van der Waals surface area contributed by atoms with Gasteiger partial charge in [-0.1, -0.05) is 24.3 Å². The standard InChI is InChI=1S/C17H13NO4/c18-10-21-17(20)12-7-5-11(6-8-12)16-9-14(19)13-3-1-2-4-15(13)22-16/h1-9H,10,18H2. The van der Waals surface area contributed by atoms with Crippen LogP contribution in [0.25, 0.3) is 22.3 Å². The Bertz CT molecular complexity index is 881. The first-order valence-corrected chi connectivity index (χ1v) is 6.69. The van der Waals surface area contributed by atoms with Crippen LogP contribution in [-0.4, -0.2) is 12.7 Å². The molecule has 0 saturated heterocycles. The summed E-state index contributed by atoms with van der Waals surface area (Å²) < 4.78 is 10.5. The zero-order valence-electron chi connectivity index (χ0n) is 11.6. The number of hydrogen-bond donors (Lipinski definition) is 1. The molecular formula is C17H13NO4. The highest BCUT2D eigenvalue weighted by atomic mass is 16.5. The van der Waals surface area contributed by atoms with Gasteiger partial charge in [0.1, 0.15) is 18.1 Å². The van der Waals surface area contributed by atoms with Gasteiger partial charge in [0, 0.05) is 11.6 Å². The Morgan fingerprint density at radius 3 is 2.55 bits per heavy atom. The molecule has 0 amide bonds. The second kappa shape index (κ2) is 5.83. The molecule has 0 fully saturated rings. The highest BCUT2D eigenvalue weighted by Crippen LogP contribution is 2.22. The third-order valence-electron chi connectivity index (χ3n) is 3.25. The molecule has 110 valence electrons. The van der Waals surface area contributed by atoms with Crippen molar-refractivity contribution in [2.24, 2.45) is 5.73 Å². The molecule has 3 aromatic rings. The first kappa shape index (κ1) is 14.0. The molecule has 0 saturated carbocycles. The van der Waals surface area contributed by atoms with Crippen molar-refractivity contribution in [1.82, 2.24) is 0 Å². The average Bonchev–Trinajstić information content (AvgIpc) is 2.55. The summed E-state index contributed by atoms with van der Waals surface area (Å²) in [4.78, 5) is 23.6. The van der Waals surface area contributed by atoms with E-state index in [1.165, 1.54) is 6.07 Å². The number of benzene rings is 2.